The molecule has 1 rings (SSSR count). The van der Waals surface area contributed by atoms with E-state index in [0.717, 1.165) is 0 Å². The Morgan fingerprint density at radius 1 is 1.42 bits per heavy atom. The zero-order chi connectivity index (χ0) is 14.3. The second-order valence-electron chi connectivity index (χ2n) is 4.07. The standard InChI is InChI=1S/C14H18O5/c1-10(15)4-3-7-19-14(17)9-11-5-6-12(16)13(8-11)18-2/h5-6,8,15-16H,1,3-4,7,9H2,2H3. The van der Waals surface area contributed by atoms with Crippen LogP contribution in [0.5, 0.6) is 11.5 Å². The molecule has 0 aliphatic rings. The summed E-state index contributed by atoms with van der Waals surface area (Å²) < 4.78 is 9.96. The highest BCUT2D eigenvalue weighted by Crippen LogP contribution is 2.26. The van der Waals surface area contributed by atoms with E-state index in [2.05, 4.69) is 6.58 Å². The summed E-state index contributed by atoms with van der Waals surface area (Å²) in [6, 6.07) is 4.69. The number of carbonyl (C=O) groups is 1. The zero-order valence-corrected chi connectivity index (χ0v) is 10.9. The lowest BCUT2D eigenvalue weighted by atomic mass is 10.1. The van der Waals surface area contributed by atoms with Gasteiger partial charge in [0.05, 0.1) is 25.9 Å². The van der Waals surface area contributed by atoms with Crippen LogP contribution >= 0.6 is 0 Å². The van der Waals surface area contributed by atoms with Crippen molar-refractivity contribution in [3.05, 3.63) is 36.1 Å². The van der Waals surface area contributed by atoms with Crippen LogP contribution < -0.4 is 4.74 Å². The van der Waals surface area contributed by atoms with Crippen molar-refractivity contribution in [1.29, 1.82) is 0 Å². The SMILES string of the molecule is C=C(O)CCCOC(=O)Cc1ccc(O)c(OC)c1. The van der Waals surface area contributed by atoms with Gasteiger partial charge in [-0.25, -0.2) is 0 Å². The first kappa shape index (κ1) is 14.9. The molecular formula is C14H18O5. The fourth-order valence-corrected chi connectivity index (χ4v) is 1.51. The molecule has 0 radical (unpaired) electrons. The van der Waals surface area contributed by atoms with Crippen LogP contribution in [0.25, 0.3) is 0 Å². The highest BCUT2D eigenvalue weighted by atomic mass is 16.5. The quantitative estimate of drug-likeness (QED) is 0.450. The van der Waals surface area contributed by atoms with Gasteiger partial charge in [-0.3, -0.25) is 4.79 Å². The molecule has 1 aromatic rings. The zero-order valence-electron chi connectivity index (χ0n) is 10.9. The molecule has 0 heterocycles. The van der Waals surface area contributed by atoms with Crippen molar-refractivity contribution in [3.8, 4) is 11.5 Å². The molecule has 0 bridgehead atoms. The minimum Gasteiger partial charge on any atom is -0.513 e. The average Bonchev–Trinajstić information content (AvgIpc) is 2.37. The molecule has 0 amide bonds. The van der Waals surface area contributed by atoms with Gasteiger partial charge < -0.3 is 19.7 Å². The van der Waals surface area contributed by atoms with E-state index in [-0.39, 0.29) is 30.5 Å². The Hall–Kier alpha value is -2.17. The number of phenols is 1. The van der Waals surface area contributed by atoms with Crippen LogP contribution in [0.15, 0.2) is 30.5 Å². The summed E-state index contributed by atoms with van der Waals surface area (Å²) in [6.45, 7) is 3.59. The number of aliphatic hydroxyl groups excluding tert-OH is 1. The number of esters is 1. The molecule has 0 aromatic heterocycles. The Kier molecular flexibility index (Phi) is 5.73. The van der Waals surface area contributed by atoms with Gasteiger partial charge in [0, 0.05) is 6.42 Å². The van der Waals surface area contributed by atoms with E-state index < -0.39 is 0 Å². The van der Waals surface area contributed by atoms with Gasteiger partial charge in [-0.15, -0.1) is 0 Å². The number of allylic oxidation sites excluding steroid dienone is 1. The molecular weight excluding hydrogens is 248 g/mol. The van der Waals surface area contributed by atoms with Crippen LogP contribution in [0.3, 0.4) is 0 Å². The van der Waals surface area contributed by atoms with Crippen molar-refractivity contribution >= 4 is 5.97 Å². The van der Waals surface area contributed by atoms with E-state index in [4.69, 9.17) is 14.6 Å². The summed E-state index contributed by atoms with van der Waals surface area (Å²) in [5.41, 5.74) is 0.700. The number of hydrogen-bond donors (Lipinski definition) is 2. The van der Waals surface area contributed by atoms with Gasteiger partial charge >= 0.3 is 5.97 Å². The molecule has 0 saturated carbocycles. The summed E-state index contributed by atoms with van der Waals surface area (Å²) in [5.74, 6) is 0.0681. The van der Waals surface area contributed by atoms with Crippen molar-refractivity contribution < 1.29 is 24.5 Å². The molecule has 0 fully saturated rings. The molecule has 0 spiro atoms. The third-order valence-electron chi connectivity index (χ3n) is 2.47. The summed E-state index contributed by atoms with van der Waals surface area (Å²) in [7, 11) is 1.44. The fraction of sp³-hybridized carbons (Fsp3) is 0.357. The molecule has 0 saturated heterocycles. The predicted molar refractivity (Wildman–Crippen MR) is 70.3 cm³/mol. The number of rotatable bonds is 7. The van der Waals surface area contributed by atoms with Crippen LogP contribution in [0.2, 0.25) is 0 Å². The number of ether oxygens (including phenoxy) is 2. The number of aliphatic hydroxyl groups is 1. The summed E-state index contributed by atoms with van der Waals surface area (Å²) >= 11 is 0. The van der Waals surface area contributed by atoms with Gasteiger partial charge in [0.25, 0.3) is 0 Å². The number of hydrogen-bond acceptors (Lipinski definition) is 5. The Bertz CT molecular complexity index is 453. The second kappa shape index (κ2) is 7.31. The maximum Gasteiger partial charge on any atom is 0.310 e. The van der Waals surface area contributed by atoms with E-state index in [9.17, 15) is 9.90 Å². The second-order valence-corrected chi connectivity index (χ2v) is 4.07. The van der Waals surface area contributed by atoms with Crippen LogP contribution in [0.4, 0.5) is 0 Å². The Balaban J connectivity index is 2.42. The van der Waals surface area contributed by atoms with Crippen molar-refractivity contribution in [2.75, 3.05) is 13.7 Å². The molecule has 1 aromatic carbocycles. The van der Waals surface area contributed by atoms with E-state index in [0.29, 0.717) is 24.2 Å². The molecule has 0 atom stereocenters. The normalized spacial score (nSPS) is 9.95. The fourth-order valence-electron chi connectivity index (χ4n) is 1.51. The summed E-state index contributed by atoms with van der Waals surface area (Å²) in [4.78, 5) is 11.5. The summed E-state index contributed by atoms with van der Waals surface area (Å²) in [5, 5.41) is 18.3. The number of carbonyl (C=O) groups excluding carboxylic acids is 1. The highest BCUT2D eigenvalue weighted by Gasteiger charge is 2.08. The Morgan fingerprint density at radius 2 is 2.16 bits per heavy atom. The first-order valence-corrected chi connectivity index (χ1v) is 5.91. The Morgan fingerprint density at radius 3 is 2.79 bits per heavy atom. The smallest absolute Gasteiger partial charge is 0.310 e. The molecule has 104 valence electrons. The molecule has 0 aliphatic heterocycles. The van der Waals surface area contributed by atoms with Gasteiger partial charge in [-0.05, 0) is 24.1 Å². The van der Waals surface area contributed by atoms with Crippen molar-refractivity contribution in [2.24, 2.45) is 0 Å². The lowest BCUT2D eigenvalue weighted by Crippen LogP contribution is -2.09. The monoisotopic (exact) mass is 266 g/mol. The van der Waals surface area contributed by atoms with Crippen molar-refractivity contribution in [3.63, 3.8) is 0 Å². The first-order valence-electron chi connectivity index (χ1n) is 5.91. The molecule has 19 heavy (non-hydrogen) atoms. The lowest BCUT2D eigenvalue weighted by Gasteiger charge is -2.07. The van der Waals surface area contributed by atoms with Crippen LogP contribution in [0, 0.1) is 0 Å². The van der Waals surface area contributed by atoms with Gasteiger partial charge in [-0.2, -0.15) is 0 Å². The number of benzene rings is 1. The van der Waals surface area contributed by atoms with Crippen LogP contribution in [-0.4, -0.2) is 29.9 Å². The third-order valence-corrected chi connectivity index (χ3v) is 2.47. The number of aromatic hydroxyl groups is 1. The topological polar surface area (TPSA) is 76.0 Å². The summed E-state index contributed by atoms with van der Waals surface area (Å²) in [6.07, 6.45) is 1.07. The van der Waals surface area contributed by atoms with E-state index in [1.807, 2.05) is 0 Å². The van der Waals surface area contributed by atoms with Crippen LogP contribution in [-0.2, 0) is 16.0 Å². The molecule has 5 heteroatoms. The van der Waals surface area contributed by atoms with Gasteiger partial charge in [0.15, 0.2) is 11.5 Å². The first-order chi connectivity index (χ1) is 9.02. The minimum atomic E-state index is -0.365. The third kappa shape index (κ3) is 5.33. The van der Waals surface area contributed by atoms with Gasteiger partial charge in [0.1, 0.15) is 0 Å². The minimum absolute atomic E-state index is 0.0288. The number of methoxy groups -OCH3 is 1. The average molecular weight is 266 g/mol. The number of phenolic OH excluding ortho intramolecular Hbond substituents is 1. The van der Waals surface area contributed by atoms with E-state index >= 15 is 0 Å². The van der Waals surface area contributed by atoms with E-state index in [1.54, 1.807) is 12.1 Å². The lowest BCUT2D eigenvalue weighted by molar-refractivity contribution is -0.142. The van der Waals surface area contributed by atoms with Crippen molar-refractivity contribution in [1.82, 2.24) is 0 Å². The molecule has 2 N–H and O–H groups in total. The van der Waals surface area contributed by atoms with Gasteiger partial charge in [0.2, 0.25) is 0 Å². The highest BCUT2D eigenvalue weighted by molar-refractivity contribution is 5.72. The maximum absolute atomic E-state index is 11.5. The molecule has 0 unspecified atom stereocenters. The van der Waals surface area contributed by atoms with E-state index in [1.165, 1.54) is 13.2 Å². The Labute approximate surface area is 112 Å². The molecule has 0 aliphatic carbocycles. The maximum atomic E-state index is 11.5. The van der Waals surface area contributed by atoms with Gasteiger partial charge in [-0.1, -0.05) is 12.6 Å². The molecule has 5 nitrogen and oxygen atoms in total. The van der Waals surface area contributed by atoms with Crippen molar-refractivity contribution in [2.45, 2.75) is 19.3 Å². The van der Waals surface area contributed by atoms with Crippen LogP contribution in [0.1, 0.15) is 18.4 Å². The predicted octanol–water partition coefficient (Wildman–Crippen LogP) is 2.34. The largest absolute Gasteiger partial charge is 0.513 e.